The number of aromatic amines is 1. The van der Waals surface area contributed by atoms with E-state index in [4.69, 9.17) is 5.11 Å². The maximum Gasteiger partial charge on any atom is 0.303 e. The van der Waals surface area contributed by atoms with E-state index in [1.807, 2.05) is 19.1 Å². The number of carbonyl (C=O) groups excluding carboxylic acids is 4. The summed E-state index contributed by atoms with van der Waals surface area (Å²) in [7, 11) is 0. The summed E-state index contributed by atoms with van der Waals surface area (Å²) in [5.74, 6) is -2.87. The minimum Gasteiger partial charge on any atom is -0.481 e. The molecule has 3 atom stereocenters. The molecule has 5 N–H and O–H groups in total. The topological polar surface area (TPSA) is 199 Å². The fraction of sp³-hybridized carbons (Fsp3) is 0.538. The second-order valence-corrected chi connectivity index (χ2v) is 10.7. The highest BCUT2D eigenvalue weighted by Gasteiger charge is 2.38. The average molecular weight is 557 g/mol. The van der Waals surface area contributed by atoms with Gasteiger partial charge in [-0.3, -0.25) is 28.9 Å². The number of fused-ring (bicyclic) bond motifs is 1. The van der Waals surface area contributed by atoms with Crippen LogP contribution in [0.2, 0.25) is 0 Å². The van der Waals surface area contributed by atoms with Crippen molar-refractivity contribution in [1.82, 2.24) is 36.6 Å². The van der Waals surface area contributed by atoms with Crippen molar-refractivity contribution in [2.45, 2.75) is 72.0 Å². The van der Waals surface area contributed by atoms with Gasteiger partial charge in [-0.15, -0.1) is 10.2 Å². The van der Waals surface area contributed by atoms with Crippen molar-refractivity contribution >= 4 is 35.3 Å². The number of hydrogen-bond donors (Lipinski definition) is 5. The van der Waals surface area contributed by atoms with Gasteiger partial charge in [-0.25, -0.2) is 0 Å². The molecule has 40 heavy (non-hydrogen) atoms. The lowest BCUT2D eigenvalue weighted by atomic mass is 9.85. The van der Waals surface area contributed by atoms with Crippen LogP contribution in [0.1, 0.15) is 58.3 Å². The minimum atomic E-state index is -1.02. The van der Waals surface area contributed by atoms with E-state index in [1.165, 1.54) is 4.90 Å². The molecule has 1 aromatic carbocycles. The predicted molar refractivity (Wildman–Crippen MR) is 142 cm³/mol. The number of para-hydroxylation sites is 1. The van der Waals surface area contributed by atoms with Crippen LogP contribution in [0.3, 0.4) is 0 Å². The lowest BCUT2D eigenvalue weighted by Crippen LogP contribution is -2.54. The standard InChI is InChI=1S/C26H36N8O6/c1-5-15(2)23(29-20(35)11-26(3,4)12-22(37)38)25(40)28-14-21(36)34-17-9-7-6-8-16(17)10-18(34)24(39)27-13-19-30-32-33-31-19/h6-9,15,18,23H,5,10-14H2,1-4H3,(H,27,39)(H,28,40)(H,29,35)(H,37,38)(H,30,31,32,33)/t15-,18-,23-/m0/s1. The van der Waals surface area contributed by atoms with Crippen LogP contribution in [-0.4, -0.2) is 74.0 Å². The number of tetrazole rings is 1. The Balaban J connectivity index is 1.67. The smallest absolute Gasteiger partial charge is 0.303 e. The van der Waals surface area contributed by atoms with Crippen molar-refractivity contribution in [3.05, 3.63) is 35.7 Å². The number of nitrogens with one attached hydrogen (secondary N) is 4. The minimum absolute atomic E-state index is 0.0283. The third kappa shape index (κ3) is 7.83. The lowest BCUT2D eigenvalue weighted by Gasteiger charge is -2.28. The molecule has 2 aromatic rings. The van der Waals surface area contributed by atoms with Crippen LogP contribution >= 0.6 is 0 Å². The second-order valence-electron chi connectivity index (χ2n) is 10.7. The highest BCUT2D eigenvalue weighted by Crippen LogP contribution is 2.32. The van der Waals surface area contributed by atoms with Crippen molar-refractivity contribution in [1.29, 1.82) is 0 Å². The Labute approximate surface area is 231 Å². The van der Waals surface area contributed by atoms with E-state index >= 15 is 0 Å². The number of rotatable bonds is 13. The molecule has 0 unspecified atom stereocenters. The number of carboxylic acids is 1. The van der Waals surface area contributed by atoms with Gasteiger partial charge in [-0.05, 0) is 23.0 Å². The summed E-state index contributed by atoms with van der Waals surface area (Å²) in [6.45, 7) is 6.64. The summed E-state index contributed by atoms with van der Waals surface area (Å²) in [5, 5.41) is 30.5. The Hall–Kier alpha value is -4.36. The Bertz CT molecular complexity index is 1230. The predicted octanol–water partition coefficient (Wildman–Crippen LogP) is 0.312. The van der Waals surface area contributed by atoms with E-state index < -0.39 is 53.6 Å². The lowest BCUT2D eigenvalue weighted by molar-refractivity contribution is -0.140. The summed E-state index contributed by atoms with van der Waals surface area (Å²) < 4.78 is 0. The zero-order valence-corrected chi connectivity index (χ0v) is 23.1. The van der Waals surface area contributed by atoms with E-state index in [-0.39, 0.29) is 25.3 Å². The van der Waals surface area contributed by atoms with Crippen LogP contribution < -0.4 is 20.9 Å². The highest BCUT2D eigenvalue weighted by molar-refractivity contribution is 6.05. The molecule has 1 aliphatic rings. The van der Waals surface area contributed by atoms with Gasteiger partial charge >= 0.3 is 5.97 Å². The Morgan fingerprint density at radius 2 is 1.88 bits per heavy atom. The van der Waals surface area contributed by atoms with Gasteiger partial charge < -0.3 is 21.1 Å². The SMILES string of the molecule is CC[C@H](C)[C@H](NC(=O)CC(C)(C)CC(=O)O)C(=O)NCC(=O)N1c2ccccc2C[C@H]1C(=O)NCc1nn[nH]n1. The fourth-order valence-electron chi connectivity index (χ4n) is 4.64. The Morgan fingerprint density at radius 1 is 1.15 bits per heavy atom. The Kier molecular flexibility index (Phi) is 9.91. The molecular weight excluding hydrogens is 520 g/mol. The molecule has 0 bridgehead atoms. The molecule has 2 heterocycles. The molecule has 1 aliphatic heterocycles. The second kappa shape index (κ2) is 13.1. The van der Waals surface area contributed by atoms with Gasteiger partial charge in [0.1, 0.15) is 12.1 Å². The number of nitrogens with zero attached hydrogens (tertiary/aromatic N) is 4. The first-order valence-corrected chi connectivity index (χ1v) is 13.1. The summed E-state index contributed by atoms with van der Waals surface area (Å²) in [6, 6.07) is 5.39. The van der Waals surface area contributed by atoms with Gasteiger partial charge in [0.2, 0.25) is 23.6 Å². The highest BCUT2D eigenvalue weighted by atomic mass is 16.4. The van der Waals surface area contributed by atoms with Crippen LogP contribution in [0.25, 0.3) is 0 Å². The first kappa shape index (κ1) is 30.2. The molecule has 0 saturated carbocycles. The zero-order chi connectivity index (χ0) is 29.4. The van der Waals surface area contributed by atoms with Gasteiger partial charge in [-0.2, -0.15) is 5.21 Å². The van der Waals surface area contributed by atoms with Crippen LogP contribution in [0.5, 0.6) is 0 Å². The van der Waals surface area contributed by atoms with Gasteiger partial charge in [-0.1, -0.05) is 57.5 Å². The molecule has 0 radical (unpaired) electrons. The van der Waals surface area contributed by atoms with Crippen LogP contribution in [0, 0.1) is 11.3 Å². The first-order valence-electron chi connectivity index (χ1n) is 13.1. The van der Waals surface area contributed by atoms with Crippen LogP contribution in [0.4, 0.5) is 5.69 Å². The van der Waals surface area contributed by atoms with Gasteiger partial charge in [0.15, 0.2) is 5.82 Å². The van der Waals surface area contributed by atoms with Crippen LogP contribution in [-0.2, 0) is 36.9 Å². The van der Waals surface area contributed by atoms with E-state index in [0.29, 0.717) is 24.4 Å². The van der Waals surface area contributed by atoms with Crippen molar-refractivity contribution in [3.63, 3.8) is 0 Å². The van der Waals surface area contributed by atoms with Crippen LogP contribution in [0.15, 0.2) is 24.3 Å². The summed E-state index contributed by atoms with van der Waals surface area (Å²) >= 11 is 0. The van der Waals surface area contributed by atoms with E-state index in [1.54, 1.807) is 32.9 Å². The summed E-state index contributed by atoms with van der Waals surface area (Å²) in [5.41, 5.74) is 0.592. The van der Waals surface area contributed by atoms with Crippen molar-refractivity contribution in [2.75, 3.05) is 11.4 Å². The number of hydrogen-bond acceptors (Lipinski definition) is 8. The number of aliphatic carboxylic acids is 1. The molecule has 0 saturated heterocycles. The number of carboxylic acid groups (broad SMARTS) is 1. The molecule has 4 amide bonds. The fourth-order valence-corrected chi connectivity index (χ4v) is 4.64. The van der Waals surface area contributed by atoms with E-state index in [9.17, 15) is 24.0 Å². The van der Waals surface area contributed by atoms with Gasteiger partial charge in [0, 0.05) is 18.5 Å². The van der Waals surface area contributed by atoms with Crippen molar-refractivity contribution in [2.24, 2.45) is 11.3 Å². The maximum atomic E-state index is 13.4. The number of benzene rings is 1. The number of carbonyl (C=O) groups is 5. The van der Waals surface area contributed by atoms with Crippen molar-refractivity contribution in [3.8, 4) is 0 Å². The number of aromatic nitrogens is 4. The molecular formula is C26H36N8O6. The number of H-pyrrole nitrogens is 1. The van der Waals surface area contributed by atoms with E-state index in [2.05, 4.69) is 36.6 Å². The maximum absolute atomic E-state index is 13.4. The van der Waals surface area contributed by atoms with E-state index in [0.717, 1.165) is 5.56 Å². The first-order chi connectivity index (χ1) is 18.9. The monoisotopic (exact) mass is 556 g/mol. The molecule has 216 valence electrons. The Morgan fingerprint density at radius 3 is 2.52 bits per heavy atom. The summed E-state index contributed by atoms with van der Waals surface area (Å²) in [6.07, 6.45) is 0.596. The number of amides is 4. The molecule has 14 nitrogen and oxygen atoms in total. The quantitative estimate of drug-likeness (QED) is 0.230. The molecule has 3 rings (SSSR count). The summed E-state index contributed by atoms with van der Waals surface area (Å²) in [4.78, 5) is 64.7. The molecule has 0 fully saturated rings. The molecule has 0 aliphatic carbocycles. The zero-order valence-electron chi connectivity index (χ0n) is 23.1. The van der Waals surface area contributed by atoms with Gasteiger partial charge in [0.05, 0.1) is 19.5 Å². The molecule has 1 aromatic heterocycles. The largest absolute Gasteiger partial charge is 0.481 e. The normalized spacial score (nSPS) is 16.0. The third-order valence-electron chi connectivity index (χ3n) is 6.85. The third-order valence-corrected chi connectivity index (χ3v) is 6.85. The molecule has 14 heteroatoms. The number of anilines is 1. The average Bonchev–Trinajstić information content (AvgIpc) is 3.55. The van der Waals surface area contributed by atoms with Gasteiger partial charge in [0.25, 0.3) is 0 Å². The van der Waals surface area contributed by atoms with Crippen molar-refractivity contribution < 1.29 is 29.1 Å². The molecule has 0 spiro atoms.